The van der Waals surface area contributed by atoms with E-state index >= 15 is 0 Å². The highest BCUT2D eigenvalue weighted by atomic mass is 32.1. The van der Waals surface area contributed by atoms with Gasteiger partial charge in [0.05, 0.1) is 6.04 Å². The second-order valence-electron chi connectivity index (χ2n) is 5.04. The fraction of sp³-hybridized carbons (Fsp3) is 0.250. The lowest BCUT2D eigenvalue weighted by molar-refractivity contribution is 0.494. The van der Waals surface area contributed by atoms with Crippen LogP contribution < -0.4 is 11.3 Å². The van der Waals surface area contributed by atoms with Crippen LogP contribution in [0.1, 0.15) is 34.3 Å². The van der Waals surface area contributed by atoms with E-state index in [0.29, 0.717) is 0 Å². The number of hydrogen-bond acceptors (Lipinski definition) is 4. The van der Waals surface area contributed by atoms with Crippen LogP contribution in [0.25, 0.3) is 10.1 Å². The van der Waals surface area contributed by atoms with Gasteiger partial charge in [0.1, 0.15) is 11.5 Å². The molecule has 0 radical (unpaired) electrons. The van der Waals surface area contributed by atoms with Crippen LogP contribution in [0.5, 0.6) is 0 Å². The first kappa shape index (κ1) is 13.4. The van der Waals surface area contributed by atoms with E-state index in [1.165, 1.54) is 21.2 Å². The molecule has 0 aliphatic rings. The first-order chi connectivity index (χ1) is 9.63. The minimum absolute atomic E-state index is 0.0465. The van der Waals surface area contributed by atoms with Gasteiger partial charge in [0.2, 0.25) is 0 Å². The molecule has 1 unspecified atom stereocenters. The van der Waals surface area contributed by atoms with Crippen molar-refractivity contribution in [3.05, 3.63) is 57.9 Å². The Hall–Kier alpha value is -1.62. The van der Waals surface area contributed by atoms with Crippen molar-refractivity contribution in [1.82, 2.24) is 5.43 Å². The number of benzene rings is 1. The number of hydrogen-bond donors (Lipinski definition) is 2. The number of rotatable bonds is 3. The number of hydrazine groups is 1. The predicted molar refractivity (Wildman–Crippen MR) is 83.9 cm³/mol. The van der Waals surface area contributed by atoms with Gasteiger partial charge in [0.15, 0.2) is 0 Å². The minimum Gasteiger partial charge on any atom is -0.466 e. The summed E-state index contributed by atoms with van der Waals surface area (Å²) in [6.07, 6.45) is 0. The van der Waals surface area contributed by atoms with Gasteiger partial charge in [-0.2, -0.15) is 0 Å². The molecule has 3 nitrogen and oxygen atoms in total. The summed E-state index contributed by atoms with van der Waals surface area (Å²) in [5, 5.41) is 3.37. The van der Waals surface area contributed by atoms with Gasteiger partial charge < -0.3 is 4.42 Å². The number of furan rings is 1. The standard InChI is InChI=1S/C16H18N2OS/c1-9-10(2)19-11(3)14(9)15(18-17)13-6-4-5-12-7-8-20-16(12)13/h4-8,15,18H,17H2,1-3H3. The normalized spacial score (nSPS) is 13.0. The van der Waals surface area contributed by atoms with Crippen molar-refractivity contribution in [3.8, 4) is 0 Å². The zero-order valence-electron chi connectivity index (χ0n) is 11.9. The lowest BCUT2D eigenvalue weighted by Gasteiger charge is -2.18. The molecule has 4 heteroatoms. The molecule has 2 heterocycles. The van der Waals surface area contributed by atoms with E-state index in [-0.39, 0.29) is 6.04 Å². The third-order valence-electron chi connectivity index (χ3n) is 3.89. The van der Waals surface area contributed by atoms with Crippen molar-refractivity contribution in [2.24, 2.45) is 5.84 Å². The molecule has 104 valence electrons. The van der Waals surface area contributed by atoms with Crippen LogP contribution in [0.2, 0.25) is 0 Å². The van der Waals surface area contributed by atoms with Crippen LogP contribution in [0.3, 0.4) is 0 Å². The van der Waals surface area contributed by atoms with Gasteiger partial charge in [-0.25, -0.2) is 5.43 Å². The third-order valence-corrected chi connectivity index (χ3v) is 4.87. The van der Waals surface area contributed by atoms with Gasteiger partial charge in [0.25, 0.3) is 0 Å². The van der Waals surface area contributed by atoms with Crippen molar-refractivity contribution < 1.29 is 4.42 Å². The maximum Gasteiger partial charge on any atom is 0.106 e. The summed E-state index contributed by atoms with van der Waals surface area (Å²) < 4.78 is 7.02. The van der Waals surface area contributed by atoms with Gasteiger partial charge in [-0.1, -0.05) is 18.2 Å². The molecule has 0 saturated heterocycles. The van der Waals surface area contributed by atoms with E-state index in [9.17, 15) is 0 Å². The summed E-state index contributed by atoms with van der Waals surface area (Å²) in [5.41, 5.74) is 6.47. The molecule has 3 N–H and O–H groups in total. The molecule has 1 atom stereocenters. The molecular formula is C16H18N2OS. The van der Waals surface area contributed by atoms with E-state index in [4.69, 9.17) is 10.3 Å². The van der Waals surface area contributed by atoms with E-state index < -0.39 is 0 Å². The molecule has 0 saturated carbocycles. The predicted octanol–water partition coefficient (Wildman–Crippen LogP) is 3.97. The van der Waals surface area contributed by atoms with Crippen molar-refractivity contribution in [2.45, 2.75) is 26.8 Å². The smallest absolute Gasteiger partial charge is 0.106 e. The highest BCUT2D eigenvalue weighted by Gasteiger charge is 2.23. The summed E-state index contributed by atoms with van der Waals surface area (Å²) >= 11 is 1.74. The fourth-order valence-corrected chi connectivity index (χ4v) is 3.75. The Bertz CT molecular complexity index is 757. The second-order valence-corrected chi connectivity index (χ2v) is 5.96. The molecule has 1 aromatic carbocycles. The molecule has 2 aromatic heterocycles. The molecule has 0 amide bonds. The summed E-state index contributed by atoms with van der Waals surface area (Å²) in [6.45, 7) is 6.07. The first-order valence-corrected chi connectivity index (χ1v) is 7.50. The molecule has 0 fully saturated rings. The van der Waals surface area contributed by atoms with Crippen LogP contribution in [-0.2, 0) is 0 Å². The Kier molecular flexibility index (Phi) is 3.38. The summed E-state index contributed by atoms with van der Waals surface area (Å²) in [5.74, 6) is 7.74. The van der Waals surface area contributed by atoms with Crippen LogP contribution in [0.15, 0.2) is 34.1 Å². The van der Waals surface area contributed by atoms with Crippen LogP contribution in [0, 0.1) is 20.8 Å². The van der Waals surface area contributed by atoms with Crippen molar-refractivity contribution in [3.63, 3.8) is 0 Å². The summed E-state index contributed by atoms with van der Waals surface area (Å²) in [4.78, 5) is 0. The number of fused-ring (bicyclic) bond motifs is 1. The van der Waals surface area contributed by atoms with E-state index in [1.807, 2.05) is 13.8 Å². The second kappa shape index (κ2) is 5.05. The lowest BCUT2D eigenvalue weighted by Crippen LogP contribution is -2.29. The Morgan fingerprint density at radius 3 is 2.60 bits per heavy atom. The largest absolute Gasteiger partial charge is 0.466 e. The average Bonchev–Trinajstić information content (AvgIpc) is 3.00. The molecule has 3 aromatic rings. The van der Waals surface area contributed by atoms with Crippen LogP contribution in [0.4, 0.5) is 0 Å². The SMILES string of the molecule is Cc1oc(C)c(C(NN)c2cccc3ccsc23)c1C. The fourth-order valence-electron chi connectivity index (χ4n) is 2.81. The molecule has 0 aliphatic heterocycles. The Morgan fingerprint density at radius 2 is 1.95 bits per heavy atom. The quantitative estimate of drug-likeness (QED) is 0.566. The van der Waals surface area contributed by atoms with Crippen molar-refractivity contribution in [2.75, 3.05) is 0 Å². The van der Waals surface area contributed by atoms with Gasteiger partial charge in [-0.3, -0.25) is 5.84 Å². The van der Waals surface area contributed by atoms with E-state index in [2.05, 4.69) is 42.0 Å². The zero-order chi connectivity index (χ0) is 14.3. The molecule has 20 heavy (non-hydrogen) atoms. The van der Waals surface area contributed by atoms with Gasteiger partial charge in [-0.15, -0.1) is 11.3 Å². The Morgan fingerprint density at radius 1 is 1.15 bits per heavy atom. The van der Waals surface area contributed by atoms with Crippen molar-refractivity contribution >= 4 is 21.4 Å². The van der Waals surface area contributed by atoms with Crippen LogP contribution in [-0.4, -0.2) is 0 Å². The first-order valence-electron chi connectivity index (χ1n) is 6.62. The minimum atomic E-state index is -0.0465. The highest BCUT2D eigenvalue weighted by Crippen LogP contribution is 2.36. The topological polar surface area (TPSA) is 51.2 Å². The van der Waals surface area contributed by atoms with Gasteiger partial charge in [0, 0.05) is 10.3 Å². The van der Waals surface area contributed by atoms with E-state index in [0.717, 1.165) is 17.1 Å². The zero-order valence-corrected chi connectivity index (χ0v) is 12.7. The molecule has 0 spiro atoms. The van der Waals surface area contributed by atoms with Crippen molar-refractivity contribution in [1.29, 1.82) is 0 Å². The molecule has 0 aliphatic carbocycles. The monoisotopic (exact) mass is 286 g/mol. The Labute approximate surface area is 122 Å². The van der Waals surface area contributed by atoms with Gasteiger partial charge in [-0.05, 0) is 48.7 Å². The summed E-state index contributed by atoms with van der Waals surface area (Å²) in [7, 11) is 0. The lowest BCUT2D eigenvalue weighted by atomic mass is 9.95. The average molecular weight is 286 g/mol. The maximum absolute atomic E-state index is 5.86. The Balaban J connectivity index is 2.21. The summed E-state index contributed by atoms with van der Waals surface area (Å²) in [6, 6.07) is 8.42. The maximum atomic E-state index is 5.86. The highest BCUT2D eigenvalue weighted by molar-refractivity contribution is 7.17. The van der Waals surface area contributed by atoms with Crippen LogP contribution >= 0.6 is 11.3 Å². The molecule has 0 bridgehead atoms. The number of nitrogens with one attached hydrogen (secondary N) is 1. The number of nitrogens with two attached hydrogens (primary N) is 1. The number of aryl methyl sites for hydroxylation is 2. The van der Waals surface area contributed by atoms with E-state index in [1.54, 1.807) is 11.3 Å². The van der Waals surface area contributed by atoms with Gasteiger partial charge >= 0.3 is 0 Å². The molecule has 3 rings (SSSR count). The third kappa shape index (κ3) is 1.97. The number of thiophene rings is 1. The molecular weight excluding hydrogens is 268 g/mol.